The average molecular weight is 428 g/mol. The number of nitrogens with zero attached hydrogens (tertiary/aromatic N) is 5. The zero-order chi connectivity index (χ0) is 20.8. The number of imidazole rings is 1. The lowest BCUT2D eigenvalue weighted by molar-refractivity contribution is 0.737. The first-order valence-corrected chi connectivity index (χ1v) is 11.1. The van der Waals surface area contributed by atoms with E-state index in [0.29, 0.717) is 0 Å². The van der Waals surface area contributed by atoms with Crippen LogP contribution < -0.4 is 10.6 Å². The molecule has 5 aromatic rings. The highest BCUT2D eigenvalue weighted by molar-refractivity contribution is 7.22. The van der Waals surface area contributed by atoms with Crippen LogP contribution in [0.5, 0.6) is 0 Å². The first kappa shape index (κ1) is 18.3. The molecule has 0 atom stereocenters. The van der Waals surface area contributed by atoms with Gasteiger partial charge in [0.2, 0.25) is 0 Å². The fourth-order valence-electron chi connectivity index (χ4n) is 3.99. The minimum atomic E-state index is 0.755. The molecule has 0 saturated carbocycles. The number of benzene rings is 1. The molecule has 0 aliphatic carbocycles. The predicted molar refractivity (Wildman–Crippen MR) is 126 cm³/mol. The lowest BCUT2D eigenvalue weighted by atomic mass is 10.1. The van der Waals surface area contributed by atoms with Gasteiger partial charge in [-0.3, -0.25) is 9.08 Å². The van der Waals surface area contributed by atoms with Crippen LogP contribution in [-0.2, 0) is 7.05 Å². The molecule has 0 radical (unpaired) electrons. The number of rotatable bonds is 4. The lowest BCUT2D eigenvalue weighted by Crippen LogP contribution is -2.22. The minimum Gasteiger partial charge on any atom is -0.329 e. The Morgan fingerprint density at radius 2 is 2.10 bits per heavy atom. The number of hydrogen-bond acceptors (Lipinski definition) is 6. The third-order valence-corrected chi connectivity index (χ3v) is 6.55. The Morgan fingerprint density at radius 1 is 1.16 bits per heavy atom. The third kappa shape index (κ3) is 3.30. The number of fused-ring (bicyclic) bond motifs is 2. The topological polar surface area (TPSA) is 72.1 Å². The SMILES string of the molecule is Cn1cc(-c2cnc3c(Nc4cc5ccccc5s4)nc(C4=CCCNC4)cn23)cn1. The van der Waals surface area contributed by atoms with Gasteiger partial charge in [-0.05, 0) is 36.1 Å². The zero-order valence-corrected chi connectivity index (χ0v) is 17.9. The maximum atomic E-state index is 4.99. The van der Waals surface area contributed by atoms with Gasteiger partial charge in [0.1, 0.15) is 0 Å². The number of aryl methyl sites for hydroxylation is 1. The summed E-state index contributed by atoms with van der Waals surface area (Å²) >= 11 is 1.72. The second-order valence-electron chi connectivity index (χ2n) is 7.68. The maximum absolute atomic E-state index is 4.99. The van der Waals surface area contributed by atoms with Crippen molar-refractivity contribution in [3.8, 4) is 11.3 Å². The van der Waals surface area contributed by atoms with Crippen molar-refractivity contribution in [3.63, 3.8) is 0 Å². The molecule has 31 heavy (non-hydrogen) atoms. The molecule has 0 unspecified atom stereocenters. The smallest absolute Gasteiger partial charge is 0.181 e. The van der Waals surface area contributed by atoms with Crippen LogP contribution in [0.4, 0.5) is 10.8 Å². The monoisotopic (exact) mass is 427 g/mol. The van der Waals surface area contributed by atoms with E-state index in [0.717, 1.165) is 52.9 Å². The molecule has 1 aliphatic heterocycles. The summed E-state index contributed by atoms with van der Waals surface area (Å²) in [7, 11) is 1.92. The van der Waals surface area contributed by atoms with Gasteiger partial charge >= 0.3 is 0 Å². The fourth-order valence-corrected chi connectivity index (χ4v) is 4.95. The van der Waals surface area contributed by atoms with Crippen LogP contribution in [0.1, 0.15) is 12.1 Å². The molecule has 4 aromatic heterocycles. The minimum absolute atomic E-state index is 0.755. The molecule has 7 nitrogen and oxygen atoms in total. The molecular formula is C23H21N7S. The highest BCUT2D eigenvalue weighted by Gasteiger charge is 2.17. The van der Waals surface area contributed by atoms with Crippen molar-refractivity contribution < 1.29 is 0 Å². The van der Waals surface area contributed by atoms with Gasteiger partial charge in [-0.1, -0.05) is 24.3 Å². The normalized spacial score (nSPS) is 14.3. The highest BCUT2D eigenvalue weighted by Crippen LogP contribution is 2.33. The fraction of sp³-hybridized carbons (Fsp3) is 0.174. The molecule has 5 heterocycles. The molecule has 0 bridgehead atoms. The van der Waals surface area contributed by atoms with Gasteiger partial charge in [0.15, 0.2) is 11.5 Å². The second kappa shape index (κ2) is 7.33. The summed E-state index contributed by atoms with van der Waals surface area (Å²) in [5.41, 5.74) is 4.97. The Morgan fingerprint density at radius 3 is 2.90 bits per heavy atom. The van der Waals surface area contributed by atoms with Crippen LogP contribution in [0.25, 0.3) is 32.6 Å². The number of anilines is 2. The molecule has 0 amide bonds. The molecule has 0 saturated heterocycles. The van der Waals surface area contributed by atoms with Crippen LogP contribution in [0, 0.1) is 0 Å². The Hall–Kier alpha value is -3.49. The van der Waals surface area contributed by atoms with E-state index in [2.05, 4.69) is 62.7 Å². The number of nitrogens with one attached hydrogen (secondary N) is 2. The molecule has 154 valence electrons. The summed E-state index contributed by atoms with van der Waals surface area (Å²) in [5.74, 6) is 0.755. The summed E-state index contributed by atoms with van der Waals surface area (Å²) in [4.78, 5) is 9.70. The Kier molecular flexibility index (Phi) is 4.33. The van der Waals surface area contributed by atoms with Gasteiger partial charge in [0.25, 0.3) is 0 Å². The summed E-state index contributed by atoms with van der Waals surface area (Å²) in [5, 5.41) is 13.6. The summed E-state index contributed by atoms with van der Waals surface area (Å²) < 4.78 is 5.17. The number of aromatic nitrogens is 5. The Bertz CT molecular complexity index is 1410. The molecule has 0 spiro atoms. The van der Waals surface area contributed by atoms with Gasteiger partial charge < -0.3 is 10.6 Å². The molecule has 1 aliphatic rings. The zero-order valence-electron chi connectivity index (χ0n) is 17.0. The number of thiophene rings is 1. The maximum Gasteiger partial charge on any atom is 0.181 e. The average Bonchev–Trinajstić information content (AvgIpc) is 3.51. The van der Waals surface area contributed by atoms with E-state index in [4.69, 9.17) is 9.97 Å². The van der Waals surface area contributed by atoms with Gasteiger partial charge in [-0.15, -0.1) is 11.3 Å². The van der Waals surface area contributed by atoms with Crippen molar-refractivity contribution in [2.45, 2.75) is 6.42 Å². The summed E-state index contributed by atoms with van der Waals surface area (Å²) in [6, 6.07) is 10.6. The van der Waals surface area contributed by atoms with E-state index in [-0.39, 0.29) is 0 Å². The van der Waals surface area contributed by atoms with Gasteiger partial charge in [-0.25, -0.2) is 9.97 Å². The standard InChI is InChI=1S/C23H21N7S/c1-29-13-17(11-26-29)19-12-25-23-22(28-21-9-15-5-2-3-7-20(15)31-21)27-18(14-30(19)23)16-6-4-8-24-10-16/h2-3,5-7,9,11-14,24H,4,8,10H2,1H3,(H,27,28). The molecular weight excluding hydrogens is 406 g/mol. The van der Waals surface area contributed by atoms with E-state index < -0.39 is 0 Å². The molecule has 1 aromatic carbocycles. The van der Waals surface area contributed by atoms with Crippen molar-refractivity contribution in [2.24, 2.45) is 7.05 Å². The quantitative estimate of drug-likeness (QED) is 0.443. The van der Waals surface area contributed by atoms with Gasteiger partial charge in [-0.2, -0.15) is 5.10 Å². The van der Waals surface area contributed by atoms with Crippen LogP contribution in [0.3, 0.4) is 0 Å². The van der Waals surface area contributed by atoms with Crippen LogP contribution in [0.2, 0.25) is 0 Å². The predicted octanol–water partition coefficient (Wildman–Crippen LogP) is 4.46. The van der Waals surface area contributed by atoms with Crippen LogP contribution in [-0.4, -0.2) is 37.2 Å². The van der Waals surface area contributed by atoms with Crippen LogP contribution in [0.15, 0.2) is 61.2 Å². The molecule has 6 rings (SSSR count). The van der Waals surface area contributed by atoms with Gasteiger partial charge in [0.05, 0.1) is 28.8 Å². The summed E-state index contributed by atoms with van der Waals surface area (Å²) in [6.45, 7) is 1.82. The van der Waals surface area contributed by atoms with E-state index in [1.54, 1.807) is 16.0 Å². The molecule has 8 heteroatoms. The van der Waals surface area contributed by atoms with E-state index in [9.17, 15) is 0 Å². The Balaban J connectivity index is 1.51. The first-order chi connectivity index (χ1) is 15.2. The second-order valence-corrected chi connectivity index (χ2v) is 8.77. The van der Waals surface area contributed by atoms with E-state index in [1.807, 2.05) is 25.6 Å². The van der Waals surface area contributed by atoms with Crippen LogP contribution >= 0.6 is 11.3 Å². The third-order valence-electron chi connectivity index (χ3n) is 5.52. The summed E-state index contributed by atoms with van der Waals surface area (Å²) in [6.07, 6.45) is 11.1. The van der Waals surface area contributed by atoms with E-state index in [1.165, 1.54) is 15.7 Å². The van der Waals surface area contributed by atoms with Crippen molar-refractivity contribution in [1.82, 2.24) is 29.5 Å². The van der Waals surface area contributed by atoms with Crippen molar-refractivity contribution >= 4 is 43.5 Å². The highest BCUT2D eigenvalue weighted by atomic mass is 32.1. The van der Waals surface area contributed by atoms with Crippen molar-refractivity contribution in [1.29, 1.82) is 0 Å². The largest absolute Gasteiger partial charge is 0.329 e. The lowest BCUT2D eigenvalue weighted by Gasteiger charge is -2.16. The van der Waals surface area contributed by atoms with Crippen molar-refractivity contribution in [3.05, 3.63) is 66.9 Å². The first-order valence-electron chi connectivity index (χ1n) is 10.3. The van der Waals surface area contributed by atoms with Gasteiger partial charge in [0, 0.05) is 36.2 Å². The molecule has 0 fully saturated rings. The Labute approximate surface area is 183 Å². The van der Waals surface area contributed by atoms with E-state index >= 15 is 0 Å². The molecule has 2 N–H and O–H groups in total. The van der Waals surface area contributed by atoms with Crippen molar-refractivity contribution in [2.75, 3.05) is 18.4 Å². The number of hydrogen-bond donors (Lipinski definition) is 2.